The highest BCUT2D eigenvalue weighted by Crippen LogP contribution is 2.31. The van der Waals surface area contributed by atoms with E-state index in [2.05, 4.69) is 9.97 Å². The fraction of sp³-hybridized carbons (Fsp3) is 0.105. The van der Waals surface area contributed by atoms with Crippen molar-refractivity contribution in [1.29, 1.82) is 0 Å². The molecule has 0 saturated heterocycles. The number of benzene rings is 2. The molecular formula is C19H15N3O2. The van der Waals surface area contributed by atoms with Crippen molar-refractivity contribution in [2.75, 3.05) is 0 Å². The van der Waals surface area contributed by atoms with Crippen molar-refractivity contribution in [3.63, 3.8) is 0 Å². The maximum atomic E-state index is 12.5. The van der Waals surface area contributed by atoms with Gasteiger partial charge in [0.2, 0.25) is 0 Å². The molecule has 0 aliphatic carbocycles. The minimum atomic E-state index is -0.433. The summed E-state index contributed by atoms with van der Waals surface area (Å²) in [4.78, 5) is 31.2. The molecule has 0 saturated carbocycles. The van der Waals surface area contributed by atoms with Gasteiger partial charge >= 0.3 is 5.69 Å². The van der Waals surface area contributed by atoms with Crippen molar-refractivity contribution in [3.8, 4) is 11.1 Å². The molecule has 5 heteroatoms. The Hall–Kier alpha value is -3.21. The number of hydrogen-bond acceptors (Lipinski definition) is 3. The number of aromatic amines is 1. The molecule has 5 nitrogen and oxygen atoms in total. The third kappa shape index (κ3) is 2.06. The van der Waals surface area contributed by atoms with Gasteiger partial charge in [0.1, 0.15) is 5.65 Å². The summed E-state index contributed by atoms with van der Waals surface area (Å²) in [6.45, 7) is 2.30. The summed E-state index contributed by atoms with van der Waals surface area (Å²) < 4.78 is 1.48. The molecule has 0 bridgehead atoms. The van der Waals surface area contributed by atoms with Gasteiger partial charge in [0, 0.05) is 18.3 Å². The zero-order valence-corrected chi connectivity index (χ0v) is 13.1. The van der Waals surface area contributed by atoms with Crippen molar-refractivity contribution < 1.29 is 0 Å². The van der Waals surface area contributed by atoms with Gasteiger partial charge in [0.25, 0.3) is 5.56 Å². The predicted molar refractivity (Wildman–Crippen MR) is 95.2 cm³/mol. The van der Waals surface area contributed by atoms with E-state index in [1.54, 1.807) is 6.20 Å². The molecule has 0 atom stereocenters. The molecule has 0 amide bonds. The molecule has 0 radical (unpaired) electrons. The van der Waals surface area contributed by atoms with Gasteiger partial charge in [-0.15, -0.1) is 0 Å². The maximum absolute atomic E-state index is 12.5. The zero-order chi connectivity index (χ0) is 16.7. The van der Waals surface area contributed by atoms with Crippen LogP contribution in [0.3, 0.4) is 0 Å². The summed E-state index contributed by atoms with van der Waals surface area (Å²) in [5, 5.41) is 2.59. The molecule has 0 fully saturated rings. The lowest BCUT2D eigenvalue weighted by Gasteiger charge is -2.11. The summed E-state index contributed by atoms with van der Waals surface area (Å²) in [5.41, 5.74) is 1.30. The van der Waals surface area contributed by atoms with Crippen LogP contribution in [0.1, 0.15) is 6.92 Å². The van der Waals surface area contributed by atoms with Crippen molar-refractivity contribution in [2.24, 2.45) is 0 Å². The van der Waals surface area contributed by atoms with E-state index in [4.69, 9.17) is 0 Å². The van der Waals surface area contributed by atoms with E-state index in [1.165, 1.54) is 4.57 Å². The molecule has 2 aromatic carbocycles. The lowest BCUT2D eigenvalue weighted by Crippen LogP contribution is -2.30. The Balaban J connectivity index is 2.19. The summed E-state index contributed by atoms with van der Waals surface area (Å²) in [6, 6.07) is 15.8. The van der Waals surface area contributed by atoms with Crippen LogP contribution in [0.2, 0.25) is 0 Å². The van der Waals surface area contributed by atoms with Gasteiger partial charge in [-0.1, -0.05) is 42.5 Å². The second-order valence-corrected chi connectivity index (χ2v) is 5.59. The first kappa shape index (κ1) is 14.4. The molecule has 4 rings (SSSR count). The Labute approximate surface area is 137 Å². The number of nitrogens with one attached hydrogen (secondary N) is 1. The van der Waals surface area contributed by atoms with Crippen LogP contribution in [0.15, 0.2) is 64.3 Å². The zero-order valence-electron chi connectivity index (χ0n) is 13.1. The fourth-order valence-corrected chi connectivity index (χ4v) is 3.18. The van der Waals surface area contributed by atoms with Crippen LogP contribution in [0, 0.1) is 0 Å². The fourth-order valence-electron chi connectivity index (χ4n) is 3.18. The standard InChI is InChI=1S/C19H15N3O2/c1-2-22-17-16(18(23)21-19(22)24)15(10-11-20-17)14-9-5-7-12-6-3-4-8-13(12)14/h3-11H,2H2,1H3,(H,21,23,24). The molecule has 2 aromatic heterocycles. The molecule has 0 aliphatic rings. The Morgan fingerprint density at radius 1 is 1.00 bits per heavy atom. The van der Waals surface area contributed by atoms with E-state index in [0.717, 1.165) is 21.9 Å². The topological polar surface area (TPSA) is 67.8 Å². The van der Waals surface area contributed by atoms with E-state index >= 15 is 0 Å². The Bertz CT molecular complexity index is 1180. The molecule has 2 heterocycles. The second kappa shape index (κ2) is 5.45. The molecular weight excluding hydrogens is 302 g/mol. The van der Waals surface area contributed by atoms with Crippen LogP contribution in [0.25, 0.3) is 32.9 Å². The summed E-state index contributed by atoms with van der Waals surface area (Å²) in [7, 11) is 0. The molecule has 24 heavy (non-hydrogen) atoms. The van der Waals surface area contributed by atoms with E-state index < -0.39 is 11.2 Å². The third-order valence-electron chi connectivity index (χ3n) is 4.28. The molecule has 1 N–H and O–H groups in total. The van der Waals surface area contributed by atoms with Gasteiger partial charge in [-0.05, 0) is 29.3 Å². The van der Waals surface area contributed by atoms with Gasteiger partial charge < -0.3 is 0 Å². The summed E-state index contributed by atoms with van der Waals surface area (Å²) in [6.07, 6.45) is 1.64. The van der Waals surface area contributed by atoms with Gasteiger partial charge in [0.15, 0.2) is 0 Å². The highest BCUT2D eigenvalue weighted by molar-refractivity contribution is 6.03. The van der Waals surface area contributed by atoms with Crippen molar-refractivity contribution >= 4 is 21.8 Å². The van der Waals surface area contributed by atoms with Crippen molar-refractivity contribution in [3.05, 3.63) is 75.6 Å². The normalized spacial score (nSPS) is 11.2. The number of nitrogens with zero attached hydrogens (tertiary/aromatic N) is 2. The lowest BCUT2D eigenvalue weighted by atomic mass is 9.97. The highest BCUT2D eigenvalue weighted by Gasteiger charge is 2.14. The monoisotopic (exact) mass is 317 g/mol. The first-order valence-corrected chi connectivity index (χ1v) is 7.80. The van der Waals surface area contributed by atoms with Crippen molar-refractivity contribution in [2.45, 2.75) is 13.5 Å². The third-order valence-corrected chi connectivity index (χ3v) is 4.28. The Morgan fingerprint density at radius 3 is 2.62 bits per heavy atom. The Kier molecular flexibility index (Phi) is 3.27. The van der Waals surface area contributed by atoms with Gasteiger partial charge in [0.05, 0.1) is 5.39 Å². The molecule has 0 unspecified atom stereocenters. The predicted octanol–water partition coefficient (Wildman–Crippen LogP) is 2.92. The number of pyridine rings is 1. The SMILES string of the molecule is CCn1c(=O)[nH]c(=O)c2c(-c3cccc4ccccc34)ccnc21. The minimum absolute atomic E-state index is 0.407. The van der Waals surface area contributed by atoms with E-state index in [1.807, 2.05) is 55.5 Å². The van der Waals surface area contributed by atoms with Gasteiger partial charge in [-0.3, -0.25) is 14.3 Å². The van der Waals surface area contributed by atoms with Crippen LogP contribution >= 0.6 is 0 Å². The van der Waals surface area contributed by atoms with E-state index in [0.29, 0.717) is 17.6 Å². The number of H-pyrrole nitrogens is 1. The number of aryl methyl sites for hydroxylation is 1. The number of rotatable bonds is 2. The first-order chi connectivity index (χ1) is 11.7. The van der Waals surface area contributed by atoms with Gasteiger partial charge in [-0.25, -0.2) is 9.78 Å². The van der Waals surface area contributed by atoms with Crippen molar-refractivity contribution in [1.82, 2.24) is 14.5 Å². The number of fused-ring (bicyclic) bond motifs is 2. The van der Waals surface area contributed by atoms with Crippen LogP contribution in [0.4, 0.5) is 0 Å². The van der Waals surface area contributed by atoms with Crippen LogP contribution in [-0.4, -0.2) is 14.5 Å². The molecule has 118 valence electrons. The second-order valence-electron chi connectivity index (χ2n) is 5.59. The average Bonchev–Trinajstić information content (AvgIpc) is 2.61. The molecule has 0 spiro atoms. The van der Waals surface area contributed by atoms with E-state index in [9.17, 15) is 9.59 Å². The van der Waals surface area contributed by atoms with Crippen LogP contribution in [-0.2, 0) is 6.54 Å². The highest BCUT2D eigenvalue weighted by atomic mass is 16.2. The van der Waals surface area contributed by atoms with Crippen LogP contribution in [0.5, 0.6) is 0 Å². The summed E-state index contributed by atoms with van der Waals surface area (Å²) >= 11 is 0. The maximum Gasteiger partial charge on any atom is 0.329 e. The quantitative estimate of drug-likeness (QED) is 0.618. The van der Waals surface area contributed by atoms with Crippen LogP contribution < -0.4 is 11.2 Å². The Morgan fingerprint density at radius 2 is 1.79 bits per heavy atom. The smallest absolute Gasteiger partial charge is 0.278 e. The summed E-state index contributed by atoms with van der Waals surface area (Å²) in [5.74, 6) is 0. The largest absolute Gasteiger partial charge is 0.329 e. The lowest BCUT2D eigenvalue weighted by molar-refractivity contribution is 0.718. The first-order valence-electron chi connectivity index (χ1n) is 7.80. The minimum Gasteiger partial charge on any atom is -0.278 e. The number of hydrogen-bond donors (Lipinski definition) is 1. The van der Waals surface area contributed by atoms with Gasteiger partial charge in [-0.2, -0.15) is 0 Å². The number of aromatic nitrogens is 3. The average molecular weight is 317 g/mol. The molecule has 4 aromatic rings. The molecule has 0 aliphatic heterocycles. The van der Waals surface area contributed by atoms with E-state index in [-0.39, 0.29) is 0 Å².